The van der Waals surface area contributed by atoms with E-state index in [9.17, 15) is 4.79 Å². The number of carbonyl (C=O) groups is 1. The Labute approximate surface area is 78.7 Å². The van der Waals surface area contributed by atoms with Crippen molar-refractivity contribution in [2.75, 3.05) is 19.6 Å². The molecule has 1 N–H and O–H groups in total. The molecule has 0 aromatic heterocycles. The van der Waals surface area contributed by atoms with Crippen LogP contribution in [-0.2, 0) is 4.79 Å². The first kappa shape index (κ1) is 9.00. The maximum Gasteiger partial charge on any atom is 0.317 e. The summed E-state index contributed by atoms with van der Waals surface area (Å²) in [4.78, 5) is 12.6. The van der Waals surface area contributed by atoms with E-state index in [0.29, 0.717) is 5.41 Å². The maximum atomic E-state index is 10.5. The normalized spacial score (nSPS) is 39.3. The number of carboxylic acid groups (broad SMARTS) is 1. The third-order valence-electron chi connectivity index (χ3n) is 3.44. The summed E-state index contributed by atoms with van der Waals surface area (Å²) in [6.07, 6.45) is 3.83. The zero-order valence-corrected chi connectivity index (χ0v) is 8.12. The summed E-state index contributed by atoms with van der Waals surface area (Å²) in [6.45, 7) is 4.52. The van der Waals surface area contributed by atoms with Gasteiger partial charge in [0.25, 0.3) is 0 Å². The molecule has 2 fully saturated rings. The minimum absolute atomic E-state index is 0.232. The fourth-order valence-corrected chi connectivity index (χ4v) is 3.11. The second-order valence-electron chi connectivity index (χ2n) is 4.87. The molecule has 0 radical (unpaired) electrons. The van der Waals surface area contributed by atoms with Gasteiger partial charge in [-0.05, 0) is 37.1 Å². The van der Waals surface area contributed by atoms with Crippen LogP contribution in [0.5, 0.6) is 0 Å². The third-order valence-corrected chi connectivity index (χ3v) is 3.44. The molecule has 2 rings (SSSR count). The zero-order chi connectivity index (χ0) is 9.47. The first-order valence-corrected chi connectivity index (χ1v) is 5.04. The molecule has 0 atom stereocenters. The summed E-state index contributed by atoms with van der Waals surface area (Å²) in [5.74, 6) is 0.175. The number of aliphatic carboxylic acids is 1. The average Bonchev–Trinajstić information content (AvgIpc) is 2.30. The van der Waals surface area contributed by atoms with Crippen molar-refractivity contribution < 1.29 is 9.90 Å². The van der Waals surface area contributed by atoms with Gasteiger partial charge in [0, 0.05) is 6.54 Å². The van der Waals surface area contributed by atoms with Gasteiger partial charge in [-0.3, -0.25) is 9.69 Å². The number of nitrogens with zero attached hydrogens (tertiary/aromatic N) is 1. The van der Waals surface area contributed by atoms with Crippen LogP contribution in [0.4, 0.5) is 0 Å². The minimum Gasteiger partial charge on any atom is -0.480 e. The second kappa shape index (κ2) is 2.98. The van der Waals surface area contributed by atoms with Gasteiger partial charge < -0.3 is 5.11 Å². The first-order valence-electron chi connectivity index (χ1n) is 5.04. The number of hydrogen-bond donors (Lipinski definition) is 1. The fourth-order valence-electron chi connectivity index (χ4n) is 3.11. The van der Waals surface area contributed by atoms with Crippen molar-refractivity contribution in [1.29, 1.82) is 0 Å². The van der Waals surface area contributed by atoms with E-state index in [1.165, 1.54) is 19.3 Å². The molecule has 0 amide bonds. The predicted octanol–water partition coefficient (Wildman–Crippen LogP) is 1.19. The average molecular weight is 183 g/mol. The molecule has 0 bridgehead atoms. The Morgan fingerprint density at radius 1 is 1.62 bits per heavy atom. The lowest BCUT2D eigenvalue weighted by Gasteiger charge is -2.43. The van der Waals surface area contributed by atoms with Crippen LogP contribution in [0.25, 0.3) is 0 Å². The highest BCUT2D eigenvalue weighted by Crippen LogP contribution is 2.51. The molecule has 13 heavy (non-hydrogen) atoms. The Kier molecular flexibility index (Phi) is 2.06. The summed E-state index contributed by atoms with van der Waals surface area (Å²) in [6, 6.07) is 0. The summed E-state index contributed by atoms with van der Waals surface area (Å²) >= 11 is 0. The van der Waals surface area contributed by atoms with Crippen molar-refractivity contribution in [3.05, 3.63) is 0 Å². The summed E-state index contributed by atoms with van der Waals surface area (Å²) in [5.41, 5.74) is 0.509. The third kappa shape index (κ3) is 1.70. The highest BCUT2D eigenvalue weighted by Gasteiger charge is 2.46. The smallest absolute Gasteiger partial charge is 0.317 e. The van der Waals surface area contributed by atoms with Gasteiger partial charge in [0.1, 0.15) is 0 Å². The van der Waals surface area contributed by atoms with E-state index in [1.807, 2.05) is 0 Å². The van der Waals surface area contributed by atoms with Crippen molar-refractivity contribution in [2.24, 2.45) is 11.3 Å². The molecule has 1 spiro atoms. The van der Waals surface area contributed by atoms with Crippen LogP contribution in [0.1, 0.15) is 26.2 Å². The highest BCUT2D eigenvalue weighted by atomic mass is 16.4. The standard InChI is InChI=1S/C10H17NO2/c1-8-4-10(5-8)2-3-11(7-10)6-9(12)13/h8H,2-7H2,1H3,(H,12,13). The van der Waals surface area contributed by atoms with Crippen molar-refractivity contribution in [2.45, 2.75) is 26.2 Å². The van der Waals surface area contributed by atoms with E-state index >= 15 is 0 Å². The molecule has 1 saturated heterocycles. The molecule has 2 aliphatic rings. The monoisotopic (exact) mass is 183 g/mol. The molecule has 3 nitrogen and oxygen atoms in total. The van der Waals surface area contributed by atoms with Crippen LogP contribution in [-0.4, -0.2) is 35.6 Å². The molecular formula is C10H17NO2. The van der Waals surface area contributed by atoms with Gasteiger partial charge in [0.05, 0.1) is 6.54 Å². The number of carboxylic acids is 1. The number of hydrogen-bond acceptors (Lipinski definition) is 2. The van der Waals surface area contributed by atoms with Crippen LogP contribution < -0.4 is 0 Å². The van der Waals surface area contributed by atoms with Gasteiger partial charge in [-0.2, -0.15) is 0 Å². The lowest BCUT2D eigenvalue weighted by atomic mass is 9.62. The Morgan fingerprint density at radius 3 is 2.85 bits per heavy atom. The Bertz CT molecular complexity index is 221. The molecule has 1 aliphatic carbocycles. The van der Waals surface area contributed by atoms with Crippen molar-refractivity contribution in [1.82, 2.24) is 4.90 Å². The molecule has 0 unspecified atom stereocenters. The summed E-state index contributed by atoms with van der Waals surface area (Å²) < 4.78 is 0. The number of likely N-dealkylation sites (tertiary alicyclic amines) is 1. The second-order valence-corrected chi connectivity index (χ2v) is 4.87. The summed E-state index contributed by atoms with van der Waals surface area (Å²) in [5, 5.41) is 8.65. The maximum absolute atomic E-state index is 10.5. The van der Waals surface area contributed by atoms with Gasteiger partial charge in [-0.25, -0.2) is 0 Å². The van der Waals surface area contributed by atoms with E-state index in [4.69, 9.17) is 5.11 Å². The molecule has 74 valence electrons. The van der Waals surface area contributed by atoms with Crippen LogP contribution in [0.3, 0.4) is 0 Å². The minimum atomic E-state index is -0.690. The van der Waals surface area contributed by atoms with Crippen LogP contribution >= 0.6 is 0 Å². The Morgan fingerprint density at radius 2 is 2.31 bits per heavy atom. The van der Waals surface area contributed by atoms with Gasteiger partial charge in [0.2, 0.25) is 0 Å². The molecular weight excluding hydrogens is 166 g/mol. The van der Waals surface area contributed by atoms with Crippen molar-refractivity contribution in [3.8, 4) is 0 Å². The van der Waals surface area contributed by atoms with Crippen LogP contribution in [0.15, 0.2) is 0 Å². The van der Waals surface area contributed by atoms with Crippen molar-refractivity contribution >= 4 is 5.97 Å². The summed E-state index contributed by atoms with van der Waals surface area (Å²) in [7, 11) is 0. The Balaban J connectivity index is 1.84. The van der Waals surface area contributed by atoms with Gasteiger partial charge >= 0.3 is 5.97 Å². The largest absolute Gasteiger partial charge is 0.480 e. The molecule has 3 heteroatoms. The van der Waals surface area contributed by atoms with E-state index in [2.05, 4.69) is 11.8 Å². The molecule has 1 saturated carbocycles. The van der Waals surface area contributed by atoms with Crippen LogP contribution in [0.2, 0.25) is 0 Å². The fraction of sp³-hybridized carbons (Fsp3) is 0.900. The zero-order valence-electron chi connectivity index (χ0n) is 8.12. The Hall–Kier alpha value is -0.570. The van der Waals surface area contributed by atoms with E-state index < -0.39 is 5.97 Å². The quantitative estimate of drug-likeness (QED) is 0.699. The molecule has 1 aliphatic heterocycles. The lowest BCUT2D eigenvalue weighted by molar-refractivity contribution is -0.138. The number of rotatable bonds is 2. The highest BCUT2D eigenvalue weighted by molar-refractivity contribution is 5.69. The topological polar surface area (TPSA) is 40.5 Å². The predicted molar refractivity (Wildman–Crippen MR) is 49.5 cm³/mol. The lowest BCUT2D eigenvalue weighted by Crippen LogP contribution is -2.39. The first-order chi connectivity index (χ1) is 6.10. The van der Waals surface area contributed by atoms with E-state index in [1.54, 1.807) is 0 Å². The SMILES string of the molecule is CC1CC2(CCN(CC(=O)O)C2)C1. The van der Waals surface area contributed by atoms with E-state index in [-0.39, 0.29) is 6.54 Å². The van der Waals surface area contributed by atoms with Crippen molar-refractivity contribution in [3.63, 3.8) is 0 Å². The van der Waals surface area contributed by atoms with Crippen LogP contribution in [0, 0.1) is 11.3 Å². The van der Waals surface area contributed by atoms with Gasteiger partial charge in [0.15, 0.2) is 0 Å². The molecule has 1 heterocycles. The van der Waals surface area contributed by atoms with Gasteiger partial charge in [-0.15, -0.1) is 0 Å². The molecule has 0 aromatic carbocycles. The van der Waals surface area contributed by atoms with Gasteiger partial charge in [-0.1, -0.05) is 6.92 Å². The van der Waals surface area contributed by atoms with E-state index in [0.717, 1.165) is 19.0 Å². The molecule has 0 aromatic rings.